The van der Waals surface area contributed by atoms with Gasteiger partial charge in [-0.2, -0.15) is 13.2 Å². The topological polar surface area (TPSA) is 0 Å². The zero-order valence-corrected chi connectivity index (χ0v) is 10.2. The van der Waals surface area contributed by atoms with Crippen LogP contribution in [0, 0.1) is 0 Å². The monoisotopic (exact) mass is 250 g/mol. The molecule has 0 aromatic heterocycles. The van der Waals surface area contributed by atoms with E-state index in [4.69, 9.17) is 11.6 Å². The van der Waals surface area contributed by atoms with Gasteiger partial charge in [0.2, 0.25) is 0 Å². The quantitative estimate of drug-likeness (QED) is 0.675. The SMILES string of the molecule is CC(C)(C)c1ccc(Cl)c(CC(F)(F)F)c1. The fourth-order valence-corrected chi connectivity index (χ4v) is 1.58. The predicted molar refractivity (Wildman–Crippen MR) is 59.9 cm³/mol. The van der Waals surface area contributed by atoms with Gasteiger partial charge in [0.1, 0.15) is 0 Å². The average Bonchev–Trinajstić information content (AvgIpc) is 2.04. The Morgan fingerprint density at radius 1 is 1.12 bits per heavy atom. The third-order valence-electron chi connectivity index (χ3n) is 2.30. The van der Waals surface area contributed by atoms with E-state index in [0.717, 1.165) is 5.56 Å². The van der Waals surface area contributed by atoms with Crippen molar-refractivity contribution < 1.29 is 13.2 Å². The van der Waals surface area contributed by atoms with E-state index in [2.05, 4.69) is 0 Å². The van der Waals surface area contributed by atoms with Crippen LogP contribution in [0.25, 0.3) is 0 Å². The van der Waals surface area contributed by atoms with Crippen LogP contribution >= 0.6 is 11.6 Å². The summed E-state index contributed by atoms with van der Waals surface area (Å²) in [5.74, 6) is 0. The van der Waals surface area contributed by atoms with Gasteiger partial charge in [-0.1, -0.05) is 44.5 Å². The van der Waals surface area contributed by atoms with Gasteiger partial charge >= 0.3 is 6.18 Å². The van der Waals surface area contributed by atoms with Crippen molar-refractivity contribution in [1.82, 2.24) is 0 Å². The molecule has 0 unspecified atom stereocenters. The molecule has 0 amide bonds. The Morgan fingerprint density at radius 3 is 2.12 bits per heavy atom. The van der Waals surface area contributed by atoms with Crippen molar-refractivity contribution in [1.29, 1.82) is 0 Å². The van der Waals surface area contributed by atoms with E-state index < -0.39 is 12.6 Å². The van der Waals surface area contributed by atoms with Crippen molar-refractivity contribution >= 4 is 11.6 Å². The molecule has 0 aliphatic rings. The van der Waals surface area contributed by atoms with Gasteiger partial charge in [0.05, 0.1) is 6.42 Å². The van der Waals surface area contributed by atoms with Gasteiger partial charge in [0.15, 0.2) is 0 Å². The molecule has 0 nitrogen and oxygen atoms in total. The third kappa shape index (κ3) is 3.71. The first-order valence-electron chi connectivity index (χ1n) is 4.95. The number of rotatable bonds is 1. The highest BCUT2D eigenvalue weighted by atomic mass is 35.5. The summed E-state index contributed by atoms with van der Waals surface area (Å²) in [6.45, 7) is 5.86. The standard InChI is InChI=1S/C12H14ClF3/c1-11(2,3)9-4-5-10(13)8(6-9)7-12(14,15)16/h4-6H,7H2,1-3H3. The van der Waals surface area contributed by atoms with Gasteiger partial charge in [-0.3, -0.25) is 0 Å². The highest BCUT2D eigenvalue weighted by molar-refractivity contribution is 6.31. The Bertz CT molecular complexity index is 375. The van der Waals surface area contributed by atoms with E-state index in [1.54, 1.807) is 6.07 Å². The molecule has 0 aliphatic heterocycles. The maximum Gasteiger partial charge on any atom is 0.393 e. The molecule has 0 fully saturated rings. The lowest BCUT2D eigenvalue weighted by Crippen LogP contribution is -2.15. The summed E-state index contributed by atoms with van der Waals surface area (Å²) >= 11 is 5.75. The van der Waals surface area contributed by atoms with Crippen molar-refractivity contribution in [3.8, 4) is 0 Å². The number of halogens is 4. The largest absolute Gasteiger partial charge is 0.393 e. The minimum Gasteiger partial charge on any atom is -0.171 e. The normalized spacial score (nSPS) is 12.9. The Labute approximate surface area is 98.4 Å². The third-order valence-corrected chi connectivity index (χ3v) is 2.67. The van der Waals surface area contributed by atoms with E-state index in [1.807, 2.05) is 20.8 Å². The summed E-state index contributed by atoms with van der Waals surface area (Å²) in [5.41, 5.74) is 0.822. The summed E-state index contributed by atoms with van der Waals surface area (Å²) in [5, 5.41) is 0.172. The molecule has 1 aromatic rings. The lowest BCUT2D eigenvalue weighted by molar-refractivity contribution is -0.127. The second kappa shape index (κ2) is 4.28. The fourth-order valence-electron chi connectivity index (χ4n) is 1.39. The van der Waals surface area contributed by atoms with Crippen LogP contribution in [-0.4, -0.2) is 6.18 Å². The van der Waals surface area contributed by atoms with E-state index in [9.17, 15) is 13.2 Å². The minimum atomic E-state index is -4.22. The molecule has 1 aromatic carbocycles. The molecular formula is C12H14ClF3. The Kier molecular flexibility index (Phi) is 3.58. The number of hydrogen-bond acceptors (Lipinski definition) is 0. The zero-order valence-electron chi connectivity index (χ0n) is 9.45. The molecule has 1 rings (SSSR count). The van der Waals surface area contributed by atoms with Gasteiger partial charge in [0, 0.05) is 5.02 Å². The molecule has 0 atom stereocenters. The van der Waals surface area contributed by atoms with Crippen LogP contribution in [0.5, 0.6) is 0 Å². The van der Waals surface area contributed by atoms with Crippen LogP contribution in [0.15, 0.2) is 18.2 Å². The smallest absolute Gasteiger partial charge is 0.171 e. The van der Waals surface area contributed by atoms with Crippen molar-refractivity contribution in [3.63, 3.8) is 0 Å². The summed E-state index contributed by atoms with van der Waals surface area (Å²) in [6.07, 6.45) is -5.20. The first-order chi connectivity index (χ1) is 7.09. The van der Waals surface area contributed by atoms with Crippen LogP contribution in [0.4, 0.5) is 13.2 Å². The second-order valence-electron chi connectivity index (χ2n) is 4.85. The van der Waals surface area contributed by atoms with Crippen LogP contribution < -0.4 is 0 Å². The van der Waals surface area contributed by atoms with Gasteiger partial charge in [0.25, 0.3) is 0 Å². The van der Waals surface area contributed by atoms with Crippen LogP contribution in [-0.2, 0) is 11.8 Å². The van der Waals surface area contributed by atoms with Crippen molar-refractivity contribution in [2.24, 2.45) is 0 Å². The molecule has 0 bridgehead atoms. The molecule has 4 heteroatoms. The second-order valence-corrected chi connectivity index (χ2v) is 5.26. The summed E-state index contributed by atoms with van der Waals surface area (Å²) < 4.78 is 36.9. The van der Waals surface area contributed by atoms with E-state index in [0.29, 0.717) is 0 Å². The summed E-state index contributed by atoms with van der Waals surface area (Å²) in [6, 6.07) is 4.83. The molecule has 0 N–H and O–H groups in total. The molecule has 0 heterocycles. The first kappa shape index (κ1) is 13.4. The number of alkyl halides is 3. The molecule has 0 radical (unpaired) electrons. The van der Waals surface area contributed by atoms with Crippen molar-refractivity contribution in [2.75, 3.05) is 0 Å². The average molecular weight is 251 g/mol. The van der Waals surface area contributed by atoms with Gasteiger partial charge in [-0.05, 0) is 22.6 Å². The summed E-state index contributed by atoms with van der Waals surface area (Å²) in [7, 11) is 0. The molecular weight excluding hydrogens is 237 g/mol. The molecule has 16 heavy (non-hydrogen) atoms. The van der Waals surface area contributed by atoms with Gasteiger partial charge in [-0.25, -0.2) is 0 Å². The molecule has 0 saturated carbocycles. The first-order valence-corrected chi connectivity index (χ1v) is 5.33. The Hall–Kier alpha value is -0.700. The maximum absolute atomic E-state index is 12.3. The number of hydrogen-bond donors (Lipinski definition) is 0. The highest BCUT2D eigenvalue weighted by Gasteiger charge is 2.29. The Morgan fingerprint density at radius 2 is 1.69 bits per heavy atom. The Balaban J connectivity index is 3.10. The van der Waals surface area contributed by atoms with Crippen LogP contribution in [0.3, 0.4) is 0 Å². The van der Waals surface area contributed by atoms with E-state index in [-0.39, 0.29) is 16.0 Å². The zero-order chi connectivity index (χ0) is 12.6. The number of benzene rings is 1. The van der Waals surface area contributed by atoms with Gasteiger partial charge in [-0.15, -0.1) is 0 Å². The molecule has 90 valence electrons. The van der Waals surface area contributed by atoms with E-state index >= 15 is 0 Å². The maximum atomic E-state index is 12.3. The van der Waals surface area contributed by atoms with Crippen molar-refractivity contribution in [2.45, 2.75) is 38.8 Å². The van der Waals surface area contributed by atoms with E-state index in [1.165, 1.54) is 12.1 Å². The molecule has 0 aliphatic carbocycles. The highest BCUT2D eigenvalue weighted by Crippen LogP contribution is 2.30. The summed E-state index contributed by atoms with van der Waals surface area (Å²) in [4.78, 5) is 0. The lowest BCUT2D eigenvalue weighted by Gasteiger charge is -2.20. The van der Waals surface area contributed by atoms with Crippen LogP contribution in [0.1, 0.15) is 31.9 Å². The van der Waals surface area contributed by atoms with Crippen LogP contribution in [0.2, 0.25) is 5.02 Å². The molecule has 0 spiro atoms. The minimum absolute atomic E-state index is 0.140. The fraction of sp³-hybridized carbons (Fsp3) is 0.500. The van der Waals surface area contributed by atoms with Crippen molar-refractivity contribution in [3.05, 3.63) is 34.3 Å². The van der Waals surface area contributed by atoms with Gasteiger partial charge < -0.3 is 0 Å². The molecule has 0 saturated heterocycles. The predicted octanol–water partition coefficient (Wildman–Crippen LogP) is 4.74. The lowest BCUT2D eigenvalue weighted by atomic mass is 9.86.